The van der Waals surface area contributed by atoms with Crippen molar-refractivity contribution < 1.29 is 9.53 Å². The molecule has 1 heterocycles. The Labute approximate surface area is 165 Å². The van der Waals surface area contributed by atoms with Crippen molar-refractivity contribution in [1.82, 2.24) is 9.55 Å². The third-order valence-electron chi connectivity index (χ3n) is 4.01. The summed E-state index contributed by atoms with van der Waals surface area (Å²) in [5.74, 6) is 0.126. The SMILES string of the molecule is COCCn1c(SCc2ccc(C(N)=O)cc2)nc2cc(Cl)ccc2c1=O. The molecule has 0 spiro atoms. The molecule has 6 nitrogen and oxygen atoms in total. The van der Waals surface area contributed by atoms with E-state index in [0.717, 1.165) is 5.56 Å². The first-order valence-corrected chi connectivity index (χ1v) is 9.56. The fraction of sp³-hybridized carbons (Fsp3) is 0.211. The second-order valence-electron chi connectivity index (χ2n) is 5.86. The van der Waals surface area contributed by atoms with Crippen LogP contribution < -0.4 is 11.3 Å². The molecule has 0 aliphatic rings. The molecule has 0 aliphatic carbocycles. The van der Waals surface area contributed by atoms with E-state index in [1.807, 2.05) is 12.1 Å². The molecule has 0 fully saturated rings. The van der Waals surface area contributed by atoms with Crippen LogP contribution in [-0.4, -0.2) is 29.2 Å². The average Bonchev–Trinajstić information content (AvgIpc) is 2.66. The number of hydrogen-bond donors (Lipinski definition) is 1. The second-order valence-corrected chi connectivity index (χ2v) is 7.23. The fourth-order valence-electron chi connectivity index (χ4n) is 2.58. The molecule has 0 unspecified atom stereocenters. The van der Waals surface area contributed by atoms with E-state index >= 15 is 0 Å². The van der Waals surface area contributed by atoms with Crippen molar-refractivity contribution in [3.05, 3.63) is 69.0 Å². The lowest BCUT2D eigenvalue weighted by Gasteiger charge is -2.13. The average molecular weight is 404 g/mol. The minimum Gasteiger partial charge on any atom is -0.383 e. The van der Waals surface area contributed by atoms with Crippen LogP contribution in [0.5, 0.6) is 0 Å². The standard InChI is InChI=1S/C19H18ClN3O3S/c1-26-9-8-23-18(25)15-7-6-14(20)10-16(15)22-19(23)27-11-12-2-4-13(5-3-12)17(21)24/h2-7,10H,8-9,11H2,1H3,(H2,21,24). The summed E-state index contributed by atoms with van der Waals surface area (Å²) in [4.78, 5) is 28.7. The van der Waals surface area contributed by atoms with Gasteiger partial charge in [-0.05, 0) is 35.9 Å². The normalized spacial score (nSPS) is 11.0. The van der Waals surface area contributed by atoms with Crippen LogP contribution in [0.1, 0.15) is 15.9 Å². The number of aromatic nitrogens is 2. The van der Waals surface area contributed by atoms with Crippen LogP contribution in [0.2, 0.25) is 5.02 Å². The van der Waals surface area contributed by atoms with Gasteiger partial charge in [0.15, 0.2) is 5.16 Å². The van der Waals surface area contributed by atoms with Gasteiger partial charge in [-0.25, -0.2) is 4.98 Å². The molecule has 2 N–H and O–H groups in total. The molecule has 0 bridgehead atoms. The molecule has 0 radical (unpaired) electrons. The number of methoxy groups -OCH3 is 1. The Morgan fingerprint density at radius 2 is 2.00 bits per heavy atom. The zero-order valence-corrected chi connectivity index (χ0v) is 16.2. The van der Waals surface area contributed by atoms with Gasteiger partial charge >= 0.3 is 0 Å². The number of thioether (sulfide) groups is 1. The van der Waals surface area contributed by atoms with Crippen LogP contribution >= 0.6 is 23.4 Å². The van der Waals surface area contributed by atoms with E-state index in [9.17, 15) is 9.59 Å². The maximum atomic E-state index is 12.9. The van der Waals surface area contributed by atoms with E-state index < -0.39 is 5.91 Å². The minimum absolute atomic E-state index is 0.125. The molecule has 0 saturated carbocycles. The van der Waals surface area contributed by atoms with Gasteiger partial charge in [0.25, 0.3) is 5.56 Å². The Kier molecular flexibility index (Phi) is 6.15. The minimum atomic E-state index is -0.462. The van der Waals surface area contributed by atoms with Gasteiger partial charge in [0, 0.05) is 23.4 Å². The van der Waals surface area contributed by atoms with Crippen LogP contribution in [0.15, 0.2) is 52.4 Å². The lowest BCUT2D eigenvalue weighted by atomic mass is 10.1. The highest BCUT2D eigenvalue weighted by Gasteiger charge is 2.12. The van der Waals surface area contributed by atoms with Gasteiger partial charge in [0.1, 0.15) is 0 Å². The molecule has 3 rings (SSSR count). The first kappa shape index (κ1) is 19.4. The van der Waals surface area contributed by atoms with Crippen LogP contribution in [0.25, 0.3) is 10.9 Å². The molecular formula is C19H18ClN3O3S. The maximum absolute atomic E-state index is 12.9. The Balaban J connectivity index is 1.93. The van der Waals surface area contributed by atoms with Crippen molar-refractivity contribution in [2.45, 2.75) is 17.5 Å². The summed E-state index contributed by atoms with van der Waals surface area (Å²) in [5, 5.41) is 1.64. The van der Waals surface area contributed by atoms with E-state index in [1.165, 1.54) is 11.8 Å². The molecule has 0 atom stereocenters. The van der Waals surface area contributed by atoms with Crippen molar-refractivity contribution in [1.29, 1.82) is 0 Å². The Bertz CT molecular complexity index is 1030. The third-order valence-corrected chi connectivity index (χ3v) is 5.29. The molecule has 1 aromatic heterocycles. The predicted octanol–water partition coefficient (Wildman–Crippen LogP) is 3.09. The van der Waals surface area contributed by atoms with Gasteiger partial charge in [-0.1, -0.05) is 35.5 Å². The first-order valence-electron chi connectivity index (χ1n) is 8.20. The third kappa shape index (κ3) is 4.50. The molecule has 2 aromatic carbocycles. The van der Waals surface area contributed by atoms with Crippen LogP contribution in [0.4, 0.5) is 0 Å². The Hall–Kier alpha value is -2.35. The number of benzene rings is 2. The van der Waals surface area contributed by atoms with E-state index in [4.69, 9.17) is 22.1 Å². The number of fused-ring (bicyclic) bond motifs is 1. The number of halogens is 1. The zero-order valence-electron chi connectivity index (χ0n) is 14.6. The van der Waals surface area contributed by atoms with E-state index in [0.29, 0.717) is 45.5 Å². The number of nitrogens with zero attached hydrogens (tertiary/aromatic N) is 2. The number of amides is 1. The summed E-state index contributed by atoms with van der Waals surface area (Å²) in [7, 11) is 1.59. The number of carbonyl (C=O) groups is 1. The molecule has 3 aromatic rings. The largest absolute Gasteiger partial charge is 0.383 e. The number of rotatable bonds is 7. The molecule has 0 aliphatic heterocycles. The van der Waals surface area contributed by atoms with E-state index in [2.05, 4.69) is 4.98 Å². The summed E-state index contributed by atoms with van der Waals surface area (Å²) in [6.45, 7) is 0.811. The Morgan fingerprint density at radius 1 is 1.26 bits per heavy atom. The number of primary amides is 1. The molecule has 8 heteroatoms. The van der Waals surface area contributed by atoms with E-state index in [-0.39, 0.29) is 5.56 Å². The Morgan fingerprint density at radius 3 is 2.67 bits per heavy atom. The van der Waals surface area contributed by atoms with Crippen molar-refractivity contribution in [3.63, 3.8) is 0 Å². The van der Waals surface area contributed by atoms with Crippen LogP contribution in [0.3, 0.4) is 0 Å². The highest BCUT2D eigenvalue weighted by Crippen LogP contribution is 2.23. The highest BCUT2D eigenvalue weighted by atomic mass is 35.5. The number of ether oxygens (including phenoxy) is 1. The van der Waals surface area contributed by atoms with Crippen molar-refractivity contribution in [2.75, 3.05) is 13.7 Å². The maximum Gasteiger partial charge on any atom is 0.262 e. The lowest BCUT2D eigenvalue weighted by molar-refractivity contribution is 0.100. The van der Waals surface area contributed by atoms with Crippen molar-refractivity contribution in [3.8, 4) is 0 Å². The number of hydrogen-bond acceptors (Lipinski definition) is 5. The van der Waals surface area contributed by atoms with Gasteiger partial charge in [-0.15, -0.1) is 0 Å². The molecule has 27 heavy (non-hydrogen) atoms. The van der Waals surface area contributed by atoms with Crippen LogP contribution in [0, 0.1) is 0 Å². The fourth-order valence-corrected chi connectivity index (χ4v) is 3.72. The zero-order chi connectivity index (χ0) is 19.4. The van der Waals surface area contributed by atoms with Gasteiger partial charge in [-0.3, -0.25) is 14.2 Å². The quantitative estimate of drug-likeness (QED) is 0.484. The van der Waals surface area contributed by atoms with Crippen molar-refractivity contribution >= 4 is 40.2 Å². The molecule has 0 saturated heterocycles. The lowest BCUT2D eigenvalue weighted by Crippen LogP contribution is -2.25. The van der Waals surface area contributed by atoms with E-state index in [1.54, 1.807) is 42.0 Å². The second kappa shape index (κ2) is 8.56. The first-order chi connectivity index (χ1) is 13.0. The summed E-state index contributed by atoms with van der Waals surface area (Å²) < 4.78 is 6.74. The van der Waals surface area contributed by atoms with Gasteiger partial charge < -0.3 is 10.5 Å². The summed E-state index contributed by atoms with van der Waals surface area (Å²) in [6, 6.07) is 12.1. The molecule has 1 amide bonds. The van der Waals surface area contributed by atoms with Crippen molar-refractivity contribution in [2.24, 2.45) is 5.73 Å². The molecular weight excluding hydrogens is 386 g/mol. The van der Waals surface area contributed by atoms with Gasteiger partial charge in [0.05, 0.1) is 24.1 Å². The summed E-state index contributed by atoms with van der Waals surface area (Å²) in [5.41, 5.74) is 7.15. The topological polar surface area (TPSA) is 87.2 Å². The number of carbonyl (C=O) groups excluding carboxylic acids is 1. The monoisotopic (exact) mass is 403 g/mol. The van der Waals surface area contributed by atoms with Crippen LogP contribution in [-0.2, 0) is 17.0 Å². The number of nitrogens with two attached hydrogens (primary N) is 1. The van der Waals surface area contributed by atoms with Gasteiger partial charge in [0.2, 0.25) is 5.91 Å². The predicted molar refractivity (Wildman–Crippen MR) is 107 cm³/mol. The highest BCUT2D eigenvalue weighted by molar-refractivity contribution is 7.98. The van der Waals surface area contributed by atoms with Gasteiger partial charge in [-0.2, -0.15) is 0 Å². The molecule has 140 valence electrons. The smallest absolute Gasteiger partial charge is 0.262 e. The summed E-state index contributed by atoms with van der Waals surface area (Å²) >= 11 is 7.48. The summed E-state index contributed by atoms with van der Waals surface area (Å²) in [6.07, 6.45) is 0.